The molecule has 1 saturated carbocycles. The highest BCUT2D eigenvalue weighted by Gasteiger charge is 2.50. The molecular weight excluding hydrogens is 995 g/mol. The predicted molar refractivity (Wildman–Crippen MR) is 298 cm³/mol. The number of piperazine rings is 1. The summed E-state index contributed by atoms with van der Waals surface area (Å²) in [5.41, 5.74) is 5.72. The summed E-state index contributed by atoms with van der Waals surface area (Å²) in [5.74, 6) is 1.16. The van der Waals surface area contributed by atoms with Crippen molar-refractivity contribution in [3.05, 3.63) is 142 Å². The van der Waals surface area contributed by atoms with Gasteiger partial charge in [-0.1, -0.05) is 50.2 Å². The van der Waals surface area contributed by atoms with Gasteiger partial charge < -0.3 is 29.4 Å². The molecule has 18 heteroatoms. The summed E-state index contributed by atoms with van der Waals surface area (Å²) in [7, 11) is -2.87. The van der Waals surface area contributed by atoms with Gasteiger partial charge in [0, 0.05) is 113 Å². The number of aromatic amines is 1. The molecule has 4 saturated heterocycles. The van der Waals surface area contributed by atoms with Gasteiger partial charge in [-0.25, -0.2) is 18.1 Å². The number of ether oxygens (including phenoxy) is 3. The number of methoxy groups -OCH3 is 1. The molecule has 1 amide bonds. The number of sulfonamides is 1. The largest absolute Gasteiger partial charge is 0.497 e. The van der Waals surface area contributed by atoms with E-state index in [2.05, 4.69) is 89.9 Å². The summed E-state index contributed by atoms with van der Waals surface area (Å²) in [4.78, 5) is 43.3. The van der Waals surface area contributed by atoms with Crippen LogP contribution in [0.2, 0.25) is 0 Å². The number of hydrogen-bond acceptors (Lipinski definition) is 14. The fraction of sp³-hybridized carbons (Fsp3) is 0.458. The first-order chi connectivity index (χ1) is 37.3. The molecule has 4 aliphatic heterocycles. The Morgan fingerprint density at radius 1 is 0.896 bits per heavy atom. The van der Waals surface area contributed by atoms with Gasteiger partial charge in [0.1, 0.15) is 28.6 Å². The highest BCUT2D eigenvalue weighted by Crippen LogP contribution is 2.53. The fourth-order valence-corrected chi connectivity index (χ4v) is 13.8. The zero-order valence-corrected chi connectivity index (χ0v) is 45.2. The molecule has 0 radical (unpaired) electrons. The number of aromatic nitrogens is 2. The van der Waals surface area contributed by atoms with E-state index in [1.165, 1.54) is 28.8 Å². The molecule has 1 spiro atoms. The molecule has 77 heavy (non-hydrogen) atoms. The number of carbonyl (C=O) groups is 1. The molecule has 17 nitrogen and oxygen atoms in total. The Kier molecular flexibility index (Phi) is 15.3. The topological polar surface area (TPSA) is 188 Å². The molecule has 0 bridgehead atoms. The predicted octanol–water partition coefficient (Wildman–Crippen LogP) is 9.73. The quantitative estimate of drug-likeness (QED) is 0.0579. The van der Waals surface area contributed by atoms with Crippen LogP contribution in [0.4, 0.5) is 17.1 Å². The summed E-state index contributed by atoms with van der Waals surface area (Å²) in [6.45, 7) is 14.0. The van der Waals surface area contributed by atoms with E-state index in [-0.39, 0.29) is 28.3 Å². The first-order valence-corrected chi connectivity index (χ1v) is 28.9. The van der Waals surface area contributed by atoms with Crippen molar-refractivity contribution in [3.8, 4) is 17.2 Å². The third-order valence-electron chi connectivity index (χ3n) is 17.2. The minimum absolute atomic E-state index is 0.0151. The van der Waals surface area contributed by atoms with Crippen LogP contribution in [-0.2, 0) is 21.3 Å². The van der Waals surface area contributed by atoms with Gasteiger partial charge in [-0.2, -0.15) is 0 Å². The molecule has 6 aromatic rings. The minimum Gasteiger partial charge on any atom is -0.497 e. The number of benzene rings is 4. The molecule has 406 valence electrons. The summed E-state index contributed by atoms with van der Waals surface area (Å²) in [5, 5.41) is 16.4. The number of nitrogens with zero attached hydrogens (tertiary/aromatic N) is 6. The van der Waals surface area contributed by atoms with E-state index < -0.39 is 31.4 Å². The number of pyridine rings is 1. The Morgan fingerprint density at radius 3 is 2.45 bits per heavy atom. The highest BCUT2D eigenvalue weighted by atomic mass is 32.2. The molecule has 5 fully saturated rings. The normalized spacial score (nSPS) is 20.9. The lowest BCUT2D eigenvalue weighted by Gasteiger charge is -2.58. The number of likely N-dealkylation sites (tertiary alicyclic amines) is 1. The zero-order chi connectivity index (χ0) is 53.3. The maximum absolute atomic E-state index is 14.2. The standard InChI is InChI=1S/C59H71N9O8S/c1-40(2)50-6-4-5-7-51(50)55-39-64(37-41-8-11-47(74-3)12-9-41)26-27-67(55)46-33-59(34-46)20-24-65(25-21-59)45-10-14-52(56(31-45)76-48-30-43-16-22-60-57(43)62-36-48)58(69)63-77(72,73)49-13-15-53(54(32-49)68(70)71)61-35-42-17-23-66(38-42)44-18-28-75-29-19-44/h4-16,22,30-32,36,40,42,44,46,55,61H,17-21,23-29,33-35,37-39H2,1-3H3,(H,60,62)(H,63,69)/t42-,55-/m0/s1. The molecule has 2 aromatic heterocycles. The summed E-state index contributed by atoms with van der Waals surface area (Å²) < 4.78 is 47.5. The van der Waals surface area contributed by atoms with Crippen LogP contribution in [0.5, 0.6) is 17.2 Å². The number of rotatable bonds is 17. The van der Waals surface area contributed by atoms with E-state index in [0.29, 0.717) is 42.0 Å². The zero-order valence-electron chi connectivity index (χ0n) is 44.4. The second-order valence-electron chi connectivity index (χ2n) is 22.3. The Morgan fingerprint density at radius 2 is 1.69 bits per heavy atom. The van der Waals surface area contributed by atoms with Crippen molar-refractivity contribution < 1.29 is 32.3 Å². The van der Waals surface area contributed by atoms with E-state index in [1.807, 2.05) is 24.3 Å². The number of amides is 1. The van der Waals surface area contributed by atoms with E-state index >= 15 is 0 Å². The minimum atomic E-state index is -4.58. The molecule has 5 aliphatic rings. The Labute approximate surface area is 451 Å². The van der Waals surface area contributed by atoms with Crippen LogP contribution >= 0.6 is 0 Å². The second kappa shape index (κ2) is 22.4. The number of piperidine rings is 1. The van der Waals surface area contributed by atoms with E-state index in [4.69, 9.17) is 14.2 Å². The lowest BCUT2D eigenvalue weighted by atomic mass is 9.59. The fourth-order valence-electron chi connectivity index (χ4n) is 12.8. The third kappa shape index (κ3) is 11.5. The number of fused-ring (bicyclic) bond motifs is 1. The Hall–Kier alpha value is -6.57. The number of nitrogens with one attached hydrogen (secondary N) is 3. The summed E-state index contributed by atoms with van der Waals surface area (Å²) >= 11 is 0. The Balaban J connectivity index is 0.766. The first kappa shape index (κ1) is 52.5. The van der Waals surface area contributed by atoms with Crippen molar-refractivity contribution in [2.24, 2.45) is 11.3 Å². The molecular formula is C59H71N9O8S. The number of carbonyl (C=O) groups excluding carboxylic acids is 1. The SMILES string of the molecule is COc1ccc(CN2CCN(C3CC4(CCN(c5ccc(C(=O)NS(=O)(=O)c6ccc(NC[C@@H]7CCN(C8CCOCC8)C7)c([N+](=O)[O-])c6)c(Oc6cnc7[nH]ccc7c6)c5)CC4)C3)[C@H](c3ccccc3C(C)C)C2)cc1. The van der Waals surface area contributed by atoms with Gasteiger partial charge in [-0.3, -0.25) is 29.6 Å². The smallest absolute Gasteiger partial charge is 0.293 e. The van der Waals surface area contributed by atoms with Gasteiger partial charge in [-0.15, -0.1) is 0 Å². The van der Waals surface area contributed by atoms with Crippen molar-refractivity contribution in [3.63, 3.8) is 0 Å². The van der Waals surface area contributed by atoms with Gasteiger partial charge in [0.25, 0.3) is 21.6 Å². The van der Waals surface area contributed by atoms with Crippen LogP contribution in [0.25, 0.3) is 11.0 Å². The van der Waals surface area contributed by atoms with Crippen LogP contribution in [0.1, 0.15) is 97.8 Å². The van der Waals surface area contributed by atoms with Crippen molar-refractivity contribution in [1.82, 2.24) is 29.4 Å². The van der Waals surface area contributed by atoms with Gasteiger partial charge in [-0.05, 0) is 134 Å². The van der Waals surface area contributed by atoms with Crippen molar-refractivity contribution in [2.75, 3.05) is 82.9 Å². The maximum Gasteiger partial charge on any atom is 0.293 e. The Bertz CT molecular complexity index is 3180. The van der Waals surface area contributed by atoms with Crippen LogP contribution in [-0.4, -0.2) is 129 Å². The van der Waals surface area contributed by atoms with Crippen LogP contribution in [0.15, 0.2) is 114 Å². The average molecular weight is 1070 g/mol. The lowest BCUT2D eigenvalue weighted by molar-refractivity contribution is -0.384. The first-order valence-electron chi connectivity index (χ1n) is 27.4. The maximum atomic E-state index is 14.2. The van der Waals surface area contributed by atoms with E-state index in [1.54, 1.807) is 37.7 Å². The van der Waals surface area contributed by atoms with Gasteiger partial charge in [0.2, 0.25) is 0 Å². The summed E-state index contributed by atoms with van der Waals surface area (Å²) in [6.07, 6.45) is 10.6. The highest BCUT2D eigenvalue weighted by molar-refractivity contribution is 7.90. The van der Waals surface area contributed by atoms with Crippen LogP contribution in [0, 0.1) is 21.4 Å². The lowest BCUT2D eigenvalue weighted by Crippen LogP contribution is -2.60. The van der Waals surface area contributed by atoms with Crippen molar-refractivity contribution >= 4 is 44.0 Å². The van der Waals surface area contributed by atoms with Crippen LogP contribution in [0.3, 0.4) is 0 Å². The monoisotopic (exact) mass is 1070 g/mol. The molecule has 2 atom stereocenters. The number of nitro groups is 1. The second-order valence-corrected chi connectivity index (χ2v) is 24.0. The van der Waals surface area contributed by atoms with Gasteiger partial charge in [0.05, 0.1) is 28.7 Å². The van der Waals surface area contributed by atoms with Gasteiger partial charge >= 0.3 is 0 Å². The number of H-pyrrole nitrogens is 1. The van der Waals surface area contributed by atoms with Crippen molar-refractivity contribution in [1.29, 1.82) is 0 Å². The van der Waals surface area contributed by atoms with E-state index in [0.717, 1.165) is 133 Å². The van der Waals surface area contributed by atoms with Gasteiger partial charge in [0.15, 0.2) is 0 Å². The van der Waals surface area contributed by atoms with E-state index in [9.17, 15) is 23.3 Å². The molecule has 0 unspecified atom stereocenters. The number of hydrogen-bond donors (Lipinski definition) is 3. The number of anilines is 2. The molecule has 6 heterocycles. The van der Waals surface area contributed by atoms with Crippen LogP contribution < -0.4 is 24.4 Å². The van der Waals surface area contributed by atoms with Crippen molar-refractivity contribution in [2.45, 2.75) is 94.3 Å². The summed E-state index contributed by atoms with van der Waals surface area (Å²) in [6, 6.07) is 31.3. The molecule has 1 aliphatic carbocycles. The third-order valence-corrected chi connectivity index (χ3v) is 18.5. The molecule has 4 aromatic carbocycles. The molecule has 3 N–H and O–H groups in total. The molecule has 11 rings (SSSR count). The average Bonchev–Trinajstić information content (AvgIpc) is 4.14. The number of nitro benzene ring substituents is 1.